The molecule has 5 heteroatoms. The van der Waals surface area contributed by atoms with Crippen molar-refractivity contribution in [2.24, 2.45) is 0 Å². The molecular formula is C9H8NO4+. The number of rotatable bonds is 0. The highest BCUT2D eigenvalue weighted by Crippen LogP contribution is 2.46. The van der Waals surface area contributed by atoms with Gasteiger partial charge in [-0.3, -0.25) is 0 Å². The smallest absolute Gasteiger partial charge is 0.261 e. The van der Waals surface area contributed by atoms with Crippen molar-refractivity contribution < 1.29 is 25.4 Å². The van der Waals surface area contributed by atoms with E-state index in [-0.39, 0.29) is 10.9 Å². The van der Waals surface area contributed by atoms with E-state index in [0.717, 1.165) is 0 Å². The van der Waals surface area contributed by atoms with Crippen molar-refractivity contribution >= 4 is 10.9 Å². The molecule has 0 bridgehead atoms. The van der Waals surface area contributed by atoms with Gasteiger partial charge in [-0.2, -0.15) is 0 Å². The van der Waals surface area contributed by atoms with Crippen LogP contribution in [0.25, 0.3) is 10.9 Å². The minimum Gasteiger partial charge on any atom is -0.504 e. The van der Waals surface area contributed by atoms with Gasteiger partial charge in [0.05, 0.1) is 5.39 Å². The molecule has 0 saturated carbocycles. The SMILES string of the molecule is Oc1c(O)c(O)c2[nH+]cccc2c1O. The highest BCUT2D eigenvalue weighted by molar-refractivity contribution is 5.92. The average Bonchev–Trinajstić information content (AvgIpc) is 2.23. The second kappa shape index (κ2) is 2.66. The molecule has 72 valence electrons. The van der Waals surface area contributed by atoms with E-state index in [4.69, 9.17) is 0 Å². The quantitative estimate of drug-likeness (QED) is 0.362. The molecule has 14 heavy (non-hydrogen) atoms. The Balaban J connectivity index is 3.02. The van der Waals surface area contributed by atoms with Gasteiger partial charge in [0.2, 0.25) is 17.2 Å². The molecule has 5 N–H and O–H groups in total. The molecule has 0 fully saturated rings. The Bertz CT molecular complexity index is 463. The topological polar surface area (TPSA) is 95.1 Å². The number of benzene rings is 1. The average molecular weight is 194 g/mol. The molecule has 1 aromatic heterocycles. The van der Waals surface area contributed by atoms with Crippen molar-refractivity contribution in [3.8, 4) is 23.0 Å². The van der Waals surface area contributed by atoms with Crippen molar-refractivity contribution in [2.75, 3.05) is 0 Å². The molecule has 0 aliphatic carbocycles. The van der Waals surface area contributed by atoms with Gasteiger partial charge in [0.1, 0.15) is 0 Å². The maximum absolute atomic E-state index is 9.42. The first-order valence-corrected chi connectivity index (χ1v) is 3.89. The summed E-state index contributed by atoms with van der Waals surface area (Å²) in [6, 6.07) is 3.10. The Hall–Kier alpha value is -2.17. The summed E-state index contributed by atoms with van der Waals surface area (Å²) in [5.74, 6) is -2.42. The molecule has 2 rings (SSSR count). The number of hydrogen-bond donors (Lipinski definition) is 4. The zero-order valence-electron chi connectivity index (χ0n) is 7.02. The van der Waals surface area contributed by atoms with Gasteiger partial charge in [-0.1, -0.05) is 0 Å². The van der Waals surface area contributed by atoms with Crippen LogP contribution >= 0.6 is 0 Å². The standard InChI is InChI=1S/C9H7NO4/c11-6-4-2-1-3-10-5(4)7(12)9(14)8(6)13/h1-3,11-14H/p+1. The molecule has 0 radical (unpaired) electrons. The monoisotopic (exact) mass is 194 g/mol. The molecule has 2 aromatic rings. The van der Waals surface area contributed by atoms with Crippen LogP contribution in [0.15, 0.2) is 18.3 Å². The van der Waals surface area contributed by atoms with Gasteiger partial charge in [-0.15, -0.1) is 0 Å². The van der Waals surface area contributed by atoms with E-state index >= 15 is 0 Å². The van der Waals surface area contributed by atoms with E-state index in [2.05, 4.69) is 4.98 Å². The lowest BCUT2D eigenvalue weighted by molar-refractivity contribution is -0.345. The van der Waals surface area contributed by atoms with E-state index in [1.165, 1.54) is 12.3 Å². The number of nitrogens with one attached hydrogen (secondary N) is 1. The number of phenolic OH excluding ortho intramolecular Hbond substituents is 4. The summed E-state index contributed by atoms with van der Waals surface area (Å²) in [5.41, 5.74) is 0.167. The van der Waals surface area contributed by atoms with Crippen LogP contribution in [0.1, 0.15) is 0 Å². The van der Waals surface area contributed by atoms with Crippen LogP contribution in [0.5, 0.6) is 23.0 Å². The van der Waals surface area contributed by atoms with E-state index in [1.54, 1.807) is 6.07 Å². The summed E-state index contributed by atoms with van der Waals surface area (Å²) in [4.78, 5) is 2.65. The van der Waals surface area contributed by atoms with Crippen molar-refractivity contribution in [1.29, 1.82) is 0 Å². The molecule has 0 spiro atoms. The molecular weight excluding hydrogens is 186 g/mol. The molecule has 0 aliphatic heterocycles. The first kappa shape index (κ1) is 8.43. The third kappa shape index (κ3) is 0.922. The number of phenols is 4. The van der Waals surface area contributed by atoms with Gasteiger partial charge < -0.3 is 20.4 Å². The molecule has 0 amide bonds. The zero-order valence-corrected chi connectivity index (χ0v) is 7.02. The maximum Gasteiger partial charge on any atom is 0.261 e. The van der Waals surface area contributed by atoms with E-state index in [9.17, 15) is 20.4 Å². The van der Waals surface area contributed by atoms with Crippen LogP contribution in [-0.2, 0) is 0 Å². The van der Waals surface area contributed by atoms with Gasteiger partial charge in [0.15, 0.2) is 11.9 Å². The van der Waals surface area contributed by atoms with E-state index in [1.807, 2.05) is 0 Å². The second-order valence-corrected chi connectivity index (χ2v) is 2.85. The van der Waals surface area contributed by atoms with Crippen LogP contribution in [0.4, 0.5) is 0 Å². The van der Waals surface area contributed by atoms with E-state index < -0.39 is 23.0 Å². The third-order valence-electron chi connectivity index (χ3n) is 2.02. The van der Waals surface area contributed by atoms with Crippen molar-refractivity contribution in [3.63, 3.8) is 0 Å². The summed E-state index contributed by atoms with van der Waals surface area (Å²) in [5, 5.41) is 37.5. The van der Waals surface area contributed by atoms with Crippen molar-refractivity contribution in [3.05, 3.63) is 18.3 Å². The maximum atomic E-state index is 9.42. The lowest BCUT2D eigenvalue weighted by Gasteiger charge is -2.03. The number of aromatic amines is 1. The lowest BCUT2D eigenvalue weighted by Crippen LogP contribution is -2.01. The Morgan fingerprint density at radius 2 is 1.50 bits per heavy atom. The molecule has 0 atom stereocenters. The molecule has 5 nitrogen and oxygen atoms in total. The number of hydrogen-bond acceptors (Lipinski definition) is 4. The Morgan fingerprint density at radius 3 is 2.21 bits per heavy atom. The highest BCUT2D eigenvalue weighted by atomic mass is 16.3. The lowest BCUT2D eigenvalue weighted by atomic mass is 10.1. The summed E-state index contributed by atoms with van der Waals surface area (Å²) in [6.07, 6.45) is 1.53. The number of H-pyrrole nitrogens is 1. The number of pyridine rings is 1. The van der Waals surface area contributed by atoms with Crippen molar-refractivity contribution in [1.82, 2.24) is 0 Å². The van der Waals surface area contributed by atoms with Crippen LogP contribution < -0.4 is 4.98 Å². The van der Waals surface area contributed by atoms with Gasteiger partial charge in [-0.05, 0) is 6.07 Å². The number of fused-ring (bicyclic) bond motifs is 1. The van der Waals surface area contributed by atoms with Crippen LogP contribution in [0.3, 0.4) is 0 Å². The summed E-state index contributed by atoms with van der Waals surface area (Å²) < 4.78 is 0. The Morgan fingerprint density at radius 1 is 0.857 bits per heavy atom. The predicted molar refractivity (Wildman–Crippen MR) is 47.2 cm³/mol. The molecule has 1 heterocycles. The molecule has 0 aliphatic rings. The minimum absolute atomic E-state index is 0.167. The fraction of sp³-hybridized carbons (Fsp3) is 0. The summed E-state index contributed by atoms with van der Waals surface area (Å²) >= 11 is 0. The largest absolute Gasteiger partial charge is 0.504 e. The van der Waals surface area contributed by atoms with Gasteiger partial charge in [0, 0.05) is 6.07 Å². The van der Waals surface area contributed by atoms with Crippen molar-refractivity contribution in [2.45, 2.75) is 0 Å². The van der Waals surface area contributed by atoms with Crippen LogP contribution in [0, 0.1) is 0 Å². The first-order chi connectivity index (χ1) is 6.63. The fourth-order valence-electron chi connectivity index (χ4n) is 1.30. The number of aromatic nitrogens is 1. The van der Waals surface area contributed by atoms with Gasteiger partial charge in [-0.25, -0.2) is 4.98 Å². The number of aromatic hydroxyl groups is 4. The van der Waals surface area contributed by atoms with E-state index in [0.29, 0.717) is 0 Å². The first-order valence-electron chi connectivity index (χ1n) is 3.89. The zero-order chi connectivity index (χ0) is 10.3. The summed E-state index contributed by atoms with van der Waals surface area (Å²) in [7, 11) is 0. The van der Waals surface area contributed by atoms with Crippen LogP contribution in [-0.4, -0.2) is 20.4 Å². The Labute approximate surface area is 78.5 Å². The Kier molecular flexibility index (Phi) is 1.60. The van der Waals surface area contributed by atoms with Gasteiger partial charge >= 0.3 is 0 Å². The second-order valence-electron chi connectivity index (χ2n) is 2.85. The summed E-state index contributed by atoms with van der Waals surface area (Å²) in [6.45, 7) is 0. The fourth-order valence-corrected chi connectivity index (χ4v) is 1.30. The van der Waals surface area contributed by atoms with Gasteiger partial charge in [0.25, 0.3) is 5.52 Å². The molecule has 0 unspecified atom stereocenters. The van der Waals surface area contributed by atoms with Crippen LogP contribution in [0.2, 0.25) is 0 Å². The molecule has 0 saturated heterocycles. The third-order valence-corrected chi connectivity index (χ3v) is 2.02. The normalized spacial score (nSPS) is 10.6. The molecule has 1 aromatic carbocycles. The minimum atomic E-state index is -0.738. The predicted octanol–water partition coefficient (Wildman–Crippen LogP) is 0.476. The highest BCUT2D eigenvalue weighted by Gasteiger charge is 2.21.